The highest BCUT2D eigenvalue weighted by atomic mass is 32.2. The van der Waals surface area contributed by atoms with Gasteiger partial charge in [-0.2, -0.15) is 4.31 Å². The lowest BCUT2D eigenvalue weighted by molar-refractivity contribution is 0.101. The van der Waals surface area contributed by atoms with Crippen molar-refractivity contribution in [1.82, 2.24) is 8.87 Å². The molecule has 1 aliphatic heterocycles. The number of rotatable bonds is 0. The largest absolute Gasteiger partial charge is 0.331 e. The van der Waals surface area contributed by atoms with E-state index < -0.39 is 15.8 Å². The maximum absolute atomic E-state index is 11.5. The third-order valence-electron chi connectivity index (χ3n) is 2.26. The molecule has 0 saturated heterocycles. The first-order chi connectivity index (χ1) is 6.50. The highest BCUT2D eigenvalue weighted by Gasteiger charge is 2.28. The van der Waals surface area contributed by atoms with Crippen molar-refractivity contribution in [3.63, 3.8) is 0 Å². The van der Waals surface area contributed by atoms with E-state index in [2.05, 4.69) is 0 Å². The van der Waals surface area contributed by atoms with Crippen LogP contribution in [0.3, 0.4) is 0 Å². The van der Waals surface area contributed by atoms with Crippen molar-refractivity contribution in [3.05, 3.63) is 24.0 Å². The molecule has 0 spiro atoms. The van der Waals surface area contributed by atoms with Crippen LogP contribution in [0, 0.1) is 0 Å². The summed E-state index contributed by atoms with van der Waals surface area (Å²) >= 11 is 0. The van der Waals surface area contributed by atoms with Crippen molar-refractivity contribution >= 4 is 15.8 Å². The van der Waals surface area contributed by atoms with Crippen LogP contribution < -0.4 is 0 Å². The molecule has 14 heavy (non-hydrogen) atoms. The summed E-state index contributed by atoms with van der Waals surface area (Å²) in [5, 5.41) is 0. The monoisotopic (exact) mass is 214 g/mol. The van der Waals surface area contributed by atoms with Crippen molar-refractivity contribution < 1.29 is 13.2 Å². The second-order valence-electron chi connectivity index (χ2n) is 3.28. The molecular formula is C8H10N2O3S. The number of nitrogens with zero attached hydrogens (tertiary/aromatic N) is 2. The third-order valence-corrected chi connectivity index (χ3v) is 3.95. The second kappa shape index (κ2) is 2.93. The molecule has 1 aromatic heterocycles. The van der Waals surface area contributed by atoms with Gasteiger partial charge in [-0.25, -0.2) is 8.42 Å². The van der Waals surface area contributed by atoms with Gasteiger partial charge in [-0.05, 0) is 12.1 Å². The minimum Gasteiger partial charge on any atom is -0.331 e. The number of hydrogen-bond donors (Lipinski definition) is 0. The zero-order valence-electron chi connectivity index (χ0n) is 7.67. The van der Waals surface area contributed by atoms with Crippen LogP contribution in [-0.4, -0.2) is 35.9 Å². The summed E-state index contributed by atoms with van der Waals surface area (Å²) in [6.45, 7) is 0.205. The summed E-state index contributed by atoms with van der Waals surface area (Å²) in [6.07, 6.45) is 1.70. The van der Waals surface area contributed by atoms with Crippen molar-refractivity contribution in [2.24, 2.45) is 0 Å². The number of sulfonamides is 1. The molecule has 5 nitrogen and oxygen atoms in total. The number of ketones is 1. The van der Waals surface area contributed by atoms with Crippen LogP contribution in [0.5, 0.6) is 0 Å². The zero-order chi connectivity index (χ0) is 10.3. The van der Waals surface area contributed by atoms with Crippen molar-refractivity contribution in [2.45, 2.75) is 6.67 Å². The first-order valence-electron chi connectivity index (χ1n) is 4.13. The lowest BCUT2D eigenvalue weighted by Crippen LogP contribution is -2.29. The van der Waals surface area contributed by atoms with Crippen LogP contribution in [-0.2, 0) is 16.7 Å². The van der Waals surface area contributed by atoms with Gasteiger partial charge in [0.05, 0.1) is 12.4 Å². The number of Topliss-reactive ketones (excluding diaryl/α,β-unsaturated/α-hetero) is 1. The fourth-order valence-corrected chi connectivity index (χ4v) is 2.44. The van der Waals surface area contributed by atoms with Gasteiger partial charge < -0.3 is 4.57 Å². The number of hydrogen-bond acceptors (Lipinski definition) is 3. The average Bonchev–Trinajstić information content (AvgIpc) is 2.48. The van der Waals surface area contributed by atoms with E-state index in [1.165, 1.54) is 11.4 Å². The molecule has 76 valence electrons. The first-order valence-corrected chi connectivity index (χ1v) is 5.74. The van der Waals surface area contributed by atoms with Gasteiger partial charge in [0.15, 0.2) is 5.78 Å². The minimum absolute atomic E-state index is 0.205. The van der Waals surface area contributed by atoms with E-state index in [-0.39, 0.29) is 12.5 Å². The van der Waals surface area contributed by atoms with Gasteiger partial charge in [0, 0.05) is 13.2 Å². The van der Waals surface area contributed by atoms with Crippen LogP contribution in [0.1, 0.15) is 10.5 Å². The van der Waals surface area contributed by atoms with E-state index in [1.807, 2.05) is 0 Å². The van der Waals surface area contributed by atoms with Crippen molar-refractivity contribution in [2.75, 3.05) is 12.8 Å². The first kappa shape index (κ1) is 9.42. The molecule has 0 amide bonds. The Morgan fingerprint density at radius 2 is 2.14 bits per heavy atom. The summed E-state index contributed by atoms with van der Waals surface area (Å²) in [6, 6.07) is 3.37. The Bertz CT molecular complexity index is 475. The highest BCUT2D eigenvalue weighted by molar-refractivity contribution is 7.89. The summed E-state index contributed by atoms with van der Waals surface area (Å²) in [4.78, 5) is 11.5. The lowest BCUT2D eigenvalue weighted by atomic mass is 10.3. The van der Waals surface area contributed by atoms with Crippen LogP contribution in [0.15, 0.2) is 18.3 Å². The number of carbonyl (C=O) groups excluding carboxylic acids is 1. The Kier molecular flexibility index (Phi) is 1.97. The molecule has 2 heterocycles. The smallest absolute Gasteiger partial charge is 0.222 e. The SMILES string of the molecule is CN1Cn2cccc2C(=O)CS1(=O)=O. The number of aromatic nitrogens is 1. The third kappa shape index (κ3) is 1.36. The fourth-order valence-electron chi connectivity index (χ4n) is 1.44. The average molecular weight is 214 g/mol. The Morgan fingerprint density at radius 3 is 2.86 bits per heavy atom. The van der Waals surface area contributed by atoms with Crippen molar-refractivity contribution in [3.8, 4) is 0 Å². The topological polar surface area (TPSA) is 59.4 Å². The molecule has 0 atom stereocenters. The molecule has 0 aliphatic carbocycles. The van der Waals surface area contributed by atoms with E-state index in [0.29, 0.717) is 5.69 Å². The van der Waals surface area contributed by atoms with E-state index >= 15 is 0 Å². The molecule has 6 heteroatoms. The molecule has 0 N–H and O–H groups in total. The zero-order valence-corrected chi connectivity index (χ0v) is 8.49. The molecule has 1 aromatic rings. The molecule has 2 rings (SSSR count). The number of fused-ring (bicyclic) bond motifs is 1. The van der Waals surface area contributed by atoms with Gasteiger partial charge in [0.1, 0.15) is 5.75 Å². The van der Waals surface area contributed by atoms with Crippen LogP contribution in [0.4, 0.5) is 0 Å². The molecule has 0 fully saturated rings. The van der Waals surface area contributed by atoms with Gasteiger partial charge in [-0.3, -0.25) is 4.79 Å². The normalized spacial score (nSPS) is 21.6. The minimum atomic E-state index is -3.42. The Hall–Kier alpha value is -1.14. The Morgan fingerprint density at radius 1 is 1.43 bits per heavy atom. The highest BCUT2D eigenvalue weighted by Crippen LogP contribution is 2.13. The Labute approximate surface area is 82.0 Å². The molecule has 0 saturated carbocycles. The fraction of sp³-hybridized carbons (Fsp3) is 0.375. The summed E-state index contributed by atoms with van der Waals surface area (Å²) in [5.41, 5.74) is 0.456. The van der Waals surface area contributed by atoms with Crippen molar-refractivity contribution in [1.29, 1.82) is 0 Å². The van der Waals surface area contributed by atoms with E-state index in [9.17, 15) is 13.2 Å². The van der Waals surface area contributed by atoms with Gasteiger partial charge in [0.2, 0.25) is 10.0 Å². The van der Waals surface area contributed by atoms with Gasteiger partial charge in [-0.1, -0.05) is 0 Å². The maximum Gasteiger partial charge on any atom is 0.222 e. The summed E-state index contributed by atoms with van der Waals surface area (Å²) in [5.74, 6) is -0.785. The van der Waals surface area contributed by atoms with Gasteiger partial charge >= 0.3 is 0 Å². The van der Waals surface area contributed by atoms with E-state index in [0.717, 1.165) is 0 Å². The predicted molar refractivity (Wildman–Crippen MR) is 50.3 cm³/mol. The number of carbonyl (C=O) groups is 1. The summed E-state index contributed by atoms with van der Waals surface area (Å²) < 4.78 is 25.8. The van der Waals surface area contributed by atoms with Crippen LogP contribution >= 0.6 is 0 Å². The molecule has 1 aliphatic rings. The molecule has 0 unspecified atom stereocenters. The molecule has 0 aromatic carbocycles. The van der Waals surface area contributed by atoms with Gasteiger partial charge in [0.25, 0.3) is 0 Å². The molecule has 0 radical (unpaired) electrons. The maximum atomic E-state index is 11.5. The standard InChI is InChI=1S/C8H10N2O3S/c1-9-6-10-4-2-3-7(10)8(11)5-14(9,12)13/h2-4H,5-6H2,1H3. The molecular weight excluding hydrogens is 204 g/mol. The quantitative estimate of drug-likeness (QED) is 0.606. The van der Waals surface area contributed by atoms with Crippen LogP contribution in [0.2, 0.25) is 0 Å². The van der Waals surface area contributed by atoms with E-state index in [1.54, 1.807) is 22.9 Å². The summed E-state index contributed by atoms with van der Waals surface area (Å²) in [7, 11) is -1.95. The Balaban J connectivity index is 2.52. The van der Waals surface area contributed by atoms with E-state index in [4.69, 9.17) is 0 Å². The predicted octanol–water partition coefficient (Wildman–Crippen LogP) is -0.0965. The van der Waals surface area contributed by atoms with Gasteiger partial charge in [-0.15, -0.1) is 0 Å². The molecule has 0 bridgehead atoms. The second-order valence-corrected chi connectivity index (χ2v) is 5.36. The van der Waals surface area contributed by atoms with Crippen LogP contribution in [0.25, 0.3) is 0 Å². The lowest BCUT2D eigenvalue weighted by Gasteiger charge is -2.13.